The number of benzene rings is 1. The number of ether oxygens (including phenoxy) is 1. The van der Waals surface area contributed by atoms with Crippen molar-refractivity contribution in [2.45, 2.75) is 58.0 Å². The van der Waals surface area contributed by atoms with Gasteiger partial charge in [-0.15, -0.1) is 0 Å². The molecular weight excluding hydrogens is 444 g/mol. The number of nitrogens with one attached hydrogen (secondary N) is 1. The third kappa shape index (κ3) is 4.61. The van der Waals surface area contributed by atoms with Gasteiger partial charge in [-0.1, -0.05) is 12.1 Å². The van der Waals surface area contributed by atoms with Gasteiger partial charge in [-0.2, -0.15) is 10.2 Å². The zero-order valence-electron chi connectivity index (χ0n) is 20.3. The van der Waals surface area contributed by atoms with Gasteiger partial charge in [0.1, 0.15) is 17.3 Å². The summed E-state index contributed by atoms with van der Waals surface area (Å²) in [5.74, 6) is 1.56. The number of anilines is 1. The Bertz CT molecular complexity index is 1320. The summed E-state index contributed by atoms with van der Waals surface area (Å²) in [6.45, 7) is 4.73. The fourth-order valence-electron chi connectivity index (χ4n) is 4.97. The topological polar surface area (TPSA) is 110 Å². The zero-order valence-corrected chi connectivity index (χ0v) is 20.3. The number of hydrogen-bond acceptors (Lipinski definition) is 7. The van der Waals surface area contributed by atoms with Crippen LogP contribution in [-0.2, 0) is 7.05 Å². The van der Waals surface area contributed by atoms with Crippen LogP contribution >= 0.6 is 0 Å². The zero-order chi connectivity index (χ0) is 24.5. The summed E-state index contributed by atoms with van der Waals surface area (Å²) in [7, 11) is 1.91. The lowest BCUT2D eigenvalue weighted by Gasteiger charge is -2.30. The highest BCUT2D eigenvalue weighted by Crippen LogP contribution is 2.37. The lowest BCUT2D eigenvalue weighted by molar-refractivity contribution is -0.0432. The number of hydrogen-bond donors (Lipinski definition) is 3. The van der Waals surface area contributed by atoms with Crippen molar-refractivity contribution in [2.24, 2.45) is 7.05 Å². The van der Waals surface area contributed by atoms with Crippen LogP contribution in [0.2, 0.25) is 0 Å². The number of aromatic nitrogens is 5. The van der Waals surface area contributed by atoms with E-state index in [9.17, 15) is 10.2 Å². The molecule has 0 amide bonds. The molecule has 0 atom stereocenters. The van der Waals surface area contributed by atoms with Crippen LogP contribution in [0.15, 0.2) is 42.9 Å². The lowest BCUT2D eigenvalue weighted by atomic mass is 9.92. The molecule has 184 valence electrons. The van der Waals surface area contributed by atoms with Gasteiger partial charge in [-0.05, 0) is 51.2 Å². The molecule has 1 aliphatic rings. The van der Waals surface area contributed by atoms with Gasteiger partial charge in [-0.3, -0.25) is 9.36 Å². The van der Waals surface area contributed by atoms with Gasteiger partial charge < -0.3 is 20.3 Å². The van der Waals surface area contributed by atoms with Gasteiger partial charge >= 0.3 is 0 Å². The van der Waals surface area contributed by atoms with E-state index in [1.54, 1.807) is 16.8 Å². The van der Waals surface area contributed by atoms with E-state index in [1.165, 1.54) is 0 Å². The Kier molecular flexibility index (Phi) is 6.44. The van der Waals surface area contributed by atoms with Crippen molar-refractivity contribution in [2.75, 3.05) is 11.9 Å². The molecule has 3 N–H and O–H groups in total. The summed E-state index contributed by atoms with van der Waals surface area (Å²) in [4.78, 5) is 4.59. The highest BCUT2D eigenvalue weighted by atomic mass is 16.5. The molecule has 9 nitrogen and oxygen atoms in total. The maximum absolute atomic E-state index is 9.60. The van der Waals surface area contributed by atoms with E-state index in [0.29, 0.717) is 11.3 Å². The smallest absolute Gasteiger partial charge is 0.178 e. The Morgan fingerprint density at radius 2 is 1.97 bits per heavy atom. The van der Waals surface area contributed by atoms with Gasteiger partial charge in [-0.25, -0.2) is 4.98 Å². The van der Waals surface area contributed by atoms with E-state index >= 15 is 0 Å². The first-order valence-corrected chi connectivity index (χ1v) is 12.2. The number of nitrogens with zero attached hydrogens (tertiary/aromatic N) is 5. The van der Waals surface area contributed by atoms with Crippen LogP contribution in [0.1, 0.15) is 56.1 Å². The van der Waals surface area contributed by atoms with Gasteiger partial charge in [0.2, 0.25) is 0 Å². The minimum atomic E-state index is -1.50. The van der Waals surface area contributed by atoms with E-state index in [0.717, 1.165) is 65.8 Å². The average Bonchev–Trinajstić information content (AvgIpc) is 3.44. The number of pyridine rings is 1. The van der Waals surface area contributed by atoms with E-state index in [1.807, 2.05) is 38.6 Å². The van der Waals surface area contributed by atoms with Crippen LogP contribution in [0.4, 0.5) is 5.82 Å². The number of aryl methyl sites for hydroxylation is 1. The third-order valence-electron chi connectivity index (χ3n) is 6.82. The second-order valence-corrected chi connectivity index (χ2v) is 9.21. The predicted molar refractivity (Wildman–Crippen MR) is 134 cm³/mol. The number of rotatable bonds is 7. The van der Waals surface area contributed by atoms with Crippen molar-refractivity contribution in [1.29, 1.82) is 0 Å². The predicted octanol–water partition coefficient (Wildman–Crippen LogP) is 4.12. The molecule has 0 bridgehead atoms. The molecule has 0 saturated heterocycles. The fraction of sp³-hybridized carbons (Fsp3) is 0.423. The highest BCUT2D eigenvalue weighted by molar-refractivity contribution is 5.93. The molecule has 3 heterocycles. The molecule has 1 saturated carbocycles. The molecule has 3 aromatic heterocycles. The van der Waals surface area contributed by atoms with Crippen molar-refractivity contribution in [3.05, 3.63) is 54.0 Å². The standard InChI is InChI=1S/C26H32N6O3/c1-4-27-24-12-22-21(14-28-24)25(17-13-29-31(3)15-17)30-32(22)18-8-10-19(11-9-18)35-23-7-5-6-20(16(23)2)26(33)34/h5-7,12-15,18-19,26,33-34H,4,8-11H2,1-3H3,(H,27,28)/t18-,19+. The van der Waals surface area contributed by atoms with Crippen molar-refractivity contribution < 1.29 is 14.9 Å². The van der Waals surface area contributed by atoms with E-state index in [4.69, 9.17) is 9.84 Å². The summed E-state index contributed by atoms with van der Waals surface area (Å²) < 4.78 is 10.2. The van der Waals surface area contributed by atoms with E-state index in [2.05, 4.69) is 33.1 Å². The summed E-state index contributed by atoms with van der Waals surface area (Å²) in [5.41, 5.74) is 4.20. The second-order valence-electron chi connectivity index (χ2n) is 9.21. The molecule has 9 heteroatoms. The summed E-state index contributed by atoms with van der Waals surface area (Å²) in [6.07, 6.45) is 7.97. The molecule has 0 unspecified atom stereocenters. The summed E-state index contributed by atoms with van der Waals surface area (Å²) in [6, 6.07) is 7.75. The minimum Gasteiger partial charge on any atom is -0.490 e. The molecule has 0 aliphatic heterocycles. The molecule has 1 fully saturated rings. The lowest BCUT2D eigenvalue weighted by Crippen LogP contribution is -2.26. The van der Waals surface area contributed by atoms with Gasteiger partial charge in [0.15, 0.2) is 6.29 Å². The highest BCUT2D eigenvalue weighted by Gasteiger charge is 2.27. The van der Waals surface area contributed by atoms with Crippen LogP contribution in [0.25, 0.3) is 22.2 Å². The Labute approximate surface area is 204 Å². The number of fused-ring (bicyclic) bond motifs is 1. The van der Waals surface area contributed by atoms with Crippen LogP contribution in [-0.4, -0.2) is 47.4 Å². The van der Waals surface area contributed by atoms with Crippen molar-refractivity contribution in [3.63, 3.8) is 0 Å². The quantitative estimate of drug-likeness (QED) is 0.344. The molecule has 0 radical (unpaired) electrons. The first kappa shape index (κ1) is 23.3. The Hall–Kier alpha value is -3.43. The summed E-state index contributed by atoms with van der Waals surface area (Å²) >= 11 is 0. The molecule has 0 spiro atoms. The van der Waals surface area contributed by atoms with E-state index < -0.39 is 6.29 Å². The van der Waals surface area contributed by atoms with Crippen LogP contribution in [0.5, 0.6) is 5.75 Å². The average molecular weight is 477 g/mol. The maximum atomic E-state index is 9.60. The van der Waals surface area contributed by atoms with Crippen LogP contribution < -0.4 is 10.1 Å². The Morgan fingerprint density at radius 1 is 1.17 bits per heavy atom. The molecule has 4 aromatic rings. The first-order valence-electron chi connectivity index (χ1n) is 12.2. The minimum absolute atomic E-state index is 0.0784. The van der Waals surface area contributed by atoms with Crippen LogP contribution in [0, 0.1) is 6.92 Å². The molecule has 1 aliphatic carbocycles. The number of aliphatic hydroxyl groups is 2. The SMILES string of the molecule is CCNc1cc2c(cn1)c(-c1cnn(C)c1)nn2[C@H]1CC[C@@H](Oc2cccc(C(O)O)c2C)CC1. The van der Waals surface area contributed by atoms with Gasteiger partial charge in [0.05, 0.1) is 23.9 Å². The number of aliphatic hydroxyl groups excluding tert-OH is 1. The molecule has 5 rings (SSSR count). The van der Waals surface area contributed by atoms with E-state index in [-0.39, 0.29) is 12.1 Å². The maximum Gasteiger partial charge on any atom is 0.178 e. The molecule has 1 aromatic carbocycles. The second kappa shape index (κ2) is 9.67. The monoisotopic (exact) mass is 476 g/mol. The largest absolute Gasteiger partial charge is 0.490 e. The fourth-order valence-corrected chi connectivity index (χ4v) is 4.97. The van der Waals surface area contributed by atoms with Crippen LogP contribution in [0.3, 0.4) is 0 Å². The third-order valence-corrected chi connectivity index (χ3v) is 6.82. The summed E-state index contributed by atoms with van der Waals surface area (Å²) in [5, 5.41) is 32.9. The first-order chi connectivity index (χ1) is 16.9. The normalized spacial score (nSPS) is 18.3. The molecular formula is C26H32N6O3. The van der Waals surface area contributed by atoms with Gasteiger partial charge in [0.25, 0.3) is 0 Å². The van der Waals surface area contributed by atoms with Gasteiger partial charge in [0, 0.05) is 48.6 Å². The van der Waals surface area contributed by atoms with Crippen molar-refractivity contribution >= 4 is 16.7 Å². The Balaban J connectivity index is 1.39. The van der Waals surface area contributed by atoms with Crippen molar-refractivity contribution in [3.8, 4) is 17.0 Å². The Morgan fingerprint density at radius 3 is 2.66 bits per heavy atom. The molecule has 35 heavy (non-hydrogen) atoms. The van der Waals surface area contributed by atoms with Crippen molar-refractivity contribution in [1.82, 2.24) is 24.5 Å².